The Morgan fingerprint density at radius 1 is 1.89 bits per heavy atom. The lowest BCUT2D eigenvalue weighted by Crippen LogP contribution is -2.02. The van der Waals surface area contributed by atoms with Crippen LogP contribution in [0.2, 0.25) is 0 Å². The molecule has 0 aliphatic heterocycles. The number of imidazole rings is 1. The number of nitrogens with zero attached hydrogens (tertiary/aromatic N) is 2. The predicted molar refractivity (Wildman–Crippen MR) is 32.0 cm³/mol. The van der Waals surface area contributed by atoms with Crippen molar-refractivity contribution in [1.29, 1.82) is 0 Å². The fraction of sp³-hybridized carbons (Fsp3) is 0.333. The number of aryl methyl sites for hydroxylation is 1. The minimum absolute atomic E-state index is 0.0289. The predicted octanol–water partition coefficient (Wildman–Crippen LogP) is 0.423. The first kappa shape index (κ1) is 6.01. The molecule has 3 nitrogen and oxygen atoms in total. The van der Waals surface area contributed by atoms with Gasteiger partial charge in [-0.05, 0) is 0 Å². The number of aromatic nitrogens is 2. The van der Waals surface area contributed by atoms with Crippen molar-refractivity contribution < 1.29 is 4.79 Å². The molecule has 0 atom stereocenters. The van der Waals surface area contributed by atoms with E-state index < -0.39 is 0 Å². The summed E-state index contributed by atoms with van der Waals surface area (Å²) in [5.41, 5.74) is 0. The molecule has 0 aliphatic rings. The Morgan fingerprint density at radius 3 is 2.78 bits per heavy atom. The van der Waals surface area contributed by atoms with Crippen molar-refractivity contribution >= 4 is 5.78 Å². The molecule has 0 saturated heterocycles. The normalized spacial score (nSPS) is 9.56. The quantitative estimate of drug-likeness (QED) is 0.507. The fourth-order valence-corrected chi connectivity index (χ4v) is 0.651. The molecule has 1 aromatic heterocycles. The van der Waals surface area contributed by atoms with Crippen LogP contribution in [0.15, 0.2) is 6.20 Å². The van der Waals surface area contributed by atoms with Crippen LogP contribution in [0.25, 0.3) is 0 Å². The van der Waals surface area contributed by atoms with Gasteiger partial charge in [0, 0.05) is 14.0 Å². The zero-order chi connectivity index (χ0) is 6.85. The smallest absolute Gasteiger partial charge is 0.195 e. The summed E-state index contributed by atoms with van der Waals surface area (Å²) in [4.78, 5) is 14.4. The Morgan fingerprint density at radius 2 is 2.56 bits per heavy atom. The van der Waals surface area contributed by atoms with Gasteiger partial charge in [-0.2, -0.15) is 0 Å². The lowest BCUT2D eigenvalue weighted by molar-refractivity contribution is 0.100. The fourth-order valence-electron chi connectivity index (χ4n) is 0.651. The summed E-state index contributed by atoms with van der Waals surface area (Å²) < 4.78 is 1.57. The number of carbonyl (C=O) groups is 1. The highest BCUT2D eigenvalue weighted by Gasteiger charge is 2.02. The molecule has 0 aromatic carbocycles. The zero-order valence-electron chi connectivity index (χ0n) is 5.38. The molecule has 1 aromatic rings. The van der Waals surface area contributed by atoms with E-state index >= 15 is 0 Å². The van der Waals surface area contributed by atoms with Gasteiger partial charge in [-0.15, -0.1) is 0 Å². The third-order valence-corrected chi connectivity index (χ3v) is 1.07. The van der Waals surface area contributed by atoms with Crippen LogP contribution < -0.4 is 0 Å². The number of hydrogen-bond donors (Lipinski definition) is 0. The van der Waals surface area contributed by atoms with Crippen LogP contribution in [0.1, 0.15) is 17.5 Å². The van der Waals surface area contributed by atoms with E-state index in [1.807, 2.05) is 0 Å². The number of rotatable bonds is 1. The molecule has 0 saturated carbocycles. The Kier molecular flexibility index (Phi) is 1.34. The minimum atomic E-state index is -0.0289. The summed E-state index contributed by atoms with van der Waals surface area (Å²) in [6.45, 7) is 1.48. The topological polar surface area (TPSA) is 34.9 Å². The van der Waals surface area contributed by atoms with E-state index in [4.69, 9.17) is 0 Å². The summed E-state index contributed by atoms with van der Waals surface area (Å²) >= 11 is 0. The van der Waals surface area contributed by atoms with Gasteiger partial charge < -0.3 is 4.57 Å². The average Bonchev–Trinajstić information content (AvgIpc) is 2.13. The third-order valence-electron chi connectivity index (χ3n) is 1.07. The van der Waals surface area contributed by atoms with Gasteiger partial charge >= 0.3 is 0 Å². The summed E-state index contributed by atoms with van der Waals surface area (Å²) in [5.74, 6) is 0.425. The molecule has 0 amide bonds. The van der Waals surface area contributed by atoms with Crippen molar-refractivity contribution in [2.45, 2.75) is 6.92 Å². The van der Waals surface area contributed by atoms with Crippen LogP contribution in [0, 0.1) is 6.20 Å². The third kappa shape index (κ3) is 0.988. The number of carbonyl (C=O) groups excluding carboxylic acids is 1. The number of hydrogen-bond acceptors (Lipinski definition) is 2. The molecule has 0 fully saturated rings. The van der Waals surface area contributed by atoms with Crippen molar-refractivity contribution in [2.24, 2.45) is 7.05 Å². The summed E-state index contributed by atoms with van der Waals surface area (Å²) in [5, 5.41) is 0. The van der Waals surface area contributed by atoms with Gasteiger partial charge in [0.15, 0.2) is 11.6 Å². The molecule has 47 valence electrons. The molecule has 0 spiro atoms. The first-order chi connectivity index (χ1) is 4.22. The van der Waals surface area contributed by atoms with Crippen molar-refractivity contribution in [3.63, 3.8) is 0 Å². The molecular formula is C6H7N2O. The second kappa shape index (κ2) is 2.01. The maximum atomic E-state index is 10.6. The highest BCUT2D eigenvalue weighted by molar-refractivity contribution is 5.90. The van der Waals surface area contributed by atoms with E-state index in [9.17, 15) is 4.79 Å². The zero-order valence-corrected chi connectivity index (χ0v) is 5.38. The van der Waals surface area contributed by atoms with Crippen LogP contribution in [0.3, 0.4) is 0 Å². The van der Waals surface area contributed by atoms with Crippen molar-refractivity contribution in [1.82, 2.24) is 9.55 Å². The van der Waals surface area contributed by atoms with Gasteiger partial charge in [0.2, 0.25) is 0 Å². The van der Waals surface area contributed by atoms with Gasteiger partial charge in [-0.25, -0.2) is 4.98 Å². The highest BCUT2D eigenvalue weighted by atomic mass is 16.1. The summed E-state index contributed by atoms with van der Waals surface area (Å²) in [6, 6.07) is 0. The summed E-state index contributed by atoms with van der Waals surface area (Å²) in [6.07, 6.45) is 4.22. The molecular weight excluding hydrogens is 116 g/mol. The van der Waals surface area contributed by atoms with Gasteiger partial charge in [-0.1, -0.05) is 0 Å². The molecule has 0 aliphatic carbocycles. The number of Topliss-reactive ketones (excluding diaryl/α,β-unsaturated/α-hetero) is 1. The second-order valence-corrected chi connectivity index (χ2v) is 1.83. The van der Waals surface area contributed by atoms with E-state index in [0.717, 1.165) is 0 Å². The Labute approximate surface area is 53.3 Å². The lowest BCUT2D eigenvalue weighted by atomic mass is 10.4. The van der Waals surface area contributed by atoms with Crippen LogP contribution in [0.5, 0.6) is 0 Å². The van der Waals surface area contributed by atoms with Crippen LogP contribution in [-0.4, -0.2) is 15.3 Å². The largest absolute Gasteiger partial charge is 0.323 e. The van der Waals surface area contributed by atoms with E-state index in [0.29, 0.717) is 5.82 Å². The molecule has 1 radical (unpaired) electrons. The van der Waals surface area contributed by atoms with Crippen LogP contribution in [0.4, 0.5) is 0 Å². The first-order valence-electron chi connectivity index (χ1n) is 2.62. The molecule has 0 N–H and O–H groups in total. The van der Waals surface area contributed by atoms with Crippen molar-refractivity contribution in [3.05, 3.63) is 18.2 Å². The van der Waals surface area contributed by atoms with E-state index in [2.05, 4.69) is 11.2 Å². The molecule has 0 unspecified atom stereocenters. The van der Waals surface area contributed by atoms with Gasteiger partial charge in [0.25, 0.3) is 0 Å². The Balaban J connectivity index is 3.08. The minimum Gasteiger partial charge on any atom is -0.323 e. The highest BCUT2D eigenvalue weighted by Crippen LogP contribution is 1.92. The van der Waals surface area contributed by atoms with Gasteiger partial charge in [0.1, 0.15) is 0 Å². The van der Waals surface area contributed by atoms with E-state index in [-0.39, 0.29) is 5.78 Å². The maximum Gasteiger partial charge on any atom is 0.195 e. The standard InChI is InChI=1S/C6H7N2O/c1-5(9)6-7-3-4-8(6)2/h3H,1-2H3. The first-order valence-corrected chi connectivity index (χ1v) is 2.62. The second-order valence-electron chi connectivity index (χ2n) is 1.83. The molecule has 3 heteroatoms. The van der Waals surface area contributed by atoms with Crippen LogP contribution in [-0.2, 0) is 7.05 Å². The molecule has 1 rings (SSSR count). The Hall–Kier alpha value is -1.12. The maximum absolute atomic E-state index is 10.6. The van der Waals surface area contributed by atoms with Gasteiger partial charge in [-0.3, -0.25) is 4.79 Å². The van der Waals surface area contributed by atoms with Crippen LogP contribution >= 0.6 is 0 Å². The summed E-state index contributed by atoms with van der Waals surface area (Å²) in [7, 11) is 1.74. The molecule has 9 heavy (non-hydrogen) atoms. The van der Waals surface area contributed by atoms with Gasteiger partial charge in [0.05, 0.1) is 12.4 Å². The van der Waals surface area contributed by atoms with E-state index in [1.165, 1.54) is 13.1 Å². The average molecular weight is 123 g/mol. The lowest BCUT2D eigenvalue weighted by Gasteiger charge is -1.91. The monoisotopic (exact) mass is 123 g/mol. The molecule has 0 bridgehead atoms. The Bertz CT molecular complexity index is 227. The number of ketones is 1. The van der Waals surface area contributed by atoms with E-state index in [1.54, 1.807) is 11.6 Å². The van der Waals surface area contributed by atoms with Crippen molar-refractivity contribution in [3.8, 4) is 0 Å². The van der Waals surface area contributed by atoms with Crippen molar-refractivity contribution in [2.75, 3.05) is 0 Å². The SMILES string of the molecule is CC(=O)c1nc[c]n1C. The molecule has 1 heterocycles.